The summed E-state index contributed by atoms with van der Waals surface area (Å²) in [4.78, 5) is 2.32. The van der Waals surface area contributed by atoms with E-state index in [9.17, 15) is 8.78 Å². The van der Waals surface area contributed by atoms with Crippen molar-refractivity contribution in [3.8, 4) is 5.75 Å². The number of hydrogen-bond donors (Lipinski definition) is 1. The topological polar surface area (TPSA) is 24.5 Å². The number of nitrogens with one attached hydrogen (secondary N) is 1. The summed E-state index contributed by atoms with van der Waals surface area (Å²) >= 11 is 0. The summed E-state index contributed by atoms with van der Waals surface area (Å²) in [6.45, 7) is 4.15. The van der Waals surface area contributed by atoms with Crippen molar-refractivity contribution in [2.75, 3.05) is 26.2 Å². The number of nitrogens with zero attached hydrogens (tertiary/aromatic N) is 1. The van der Waals surface area contributed by atoms with Crippen LogP contribution in [-0.4, -0.2) is 37.7 Å². The number of piperidine rings is 1. The molecular formula is C16H25ClF2N2O. The Balaban J connectivity index is 0.00000242. The van der Waals surface area contributed by atoms with E-state index in [4.69, 9.17) is 0 Å². The van der Waals surface area contributed by atoms with Crippen LogP contribution in [0.15, 0.2) is 24.3 Å². The Hall–Kier alpha value is -0.910. The number of hydrogen-bond acceptors (Lipinski definition) is 3. The van der Waals surface area contributed by atoms with Crippen molar-refractivity contribution in [2.24, 2.45) is 5.92 Å². The second-order valence-corrected chi connectivity index (χ2v) is 5.51. The van der Waals surface area contributed by atoms with Crippen LogP contribution in [0.4, 0.5) is 8.78 Å². The molecular weight excluding hydrogens is 310 g/mol. The molecule has 2 rings (SSSR count). The molecule has 0 unspecified atom stereocenters. The molecule has 1 fully saturated rings. The summed E-state index contributed by atoms with van der Waals surface area (Å²) in [5, 5.41) is 3.39. The minimum atomic E-state index is -2.77. The van der Waals surface area contributed by atoms with Gasteiger partial charge in [-0.15, -0.1) is 12.4 Å². The van der Waals surface area contributed by atoms with E-state index in [1.807, 2.05) is 12.1 Å². The van der Waals surface area contributed by atoms with Gasteiger partial charge in [-0.1, -0.05) is 25.1 Å². The highest BCUT2D eigenvalue weighted by Crippen LogP contribution is 2.24. The quantitative estimate of drug-likeness (QED) is 0.825. The van der Waals surface area contributed by atoms with Gasteiger partial charge in [0.15, 0.2) is 0 Å². The molecule has 126 valence electrons. The first-order valence-corrected chi connectivity index (χ1v) is 7.64. The van der Waals surface area contributed by atoms with Gasteiger partial charge in [0.1, 0.15) is 5.75 Å². The molecule has 22 heavy (non-hydrogen) atoms. The lowest BCUT2D eigenvalue weighted by molar-refractivity contribution is -0.0508. The maximum absolute atomic E-state index is 12.4. The van der Waals surface area contributed by atoms with Crippen LogP contribution in [0.2, 0.25) is 0 Å². The molecule has 0 amide bonds. The van der Waals surface area contributed by atoms with Gasteiger partial charge in [-0.2, -0.15) is 8.78 Å². The van der Waals surface area contributed by atoms with Crippen LogP contribution < -0.4 is 10.1 Å². The minimum Gasteiger partial charge on any atom is -0.434 e. The van der Waals surface area contributed by atoms with Crippen molar-refractivity contribution in [3.05, 3.63) is 29.8 Å². The Morgan fingerprint density at radius 1 is 1.27 bits per heavy atom. The molecule has 1 N–H and O–H groups in total. The molecule has 1 aliphatic heterocycles. The predicted octanol–water partition coefficient (Wildman–Crippen LogP) is 3.53. The number of alkyl halides is 2. The van der Waals surface area contributed by atoms with E-state index in [1.165, 1.54) is 0 Å². The summed E-state index contributed by atoms with van der Waals surface area (Å²) in [5.74, 6) is 1.02. The molecule has 0 atom stereocenters. The summed E-state index contributed by atoms with van der Waals surface area (Å²) in [6.07, 6.45) is 2.32. The highest BCUT2D eigenvalue weighted by molar-refractivity contribution is 5.85. The summed E-state index contributed by atoms with van der Waals surface area (Å²) in [5.41, 5.74) is 0.836. The zero-order valence-corrected chi connectivity index (χ0v) is 13.7. The fourth-order valence-corrected chi connectivity index (χ4v) is 2.78. The van der Waals surface area contributed by atoms with Gasteiger partial charge >= 0.3 is 6.61 Å². The van der Waals surface area contributed by atoms with Gasteiger partial charge in [-0.25, -0.2) is 0 Å². The van der Waals surface area contributed by atoms with Gasteiger partial charge in [0.25, 0.3) is 0 Å². The Labute approximate surface area is 137 Å². The summed E-state index contributed by atoms with van der Waals surface area (Å²) < 4.78 is 29.4. The van der Waals surface area contributed by atoms with Gasteiger partial charge in [-0.05, 0) is 51.0 Å². The van der Waals surface area contributed by atoms with Crippen LogP contribution >= 0.6 is 12.4 Å². The first-order chi connectivity index (χ1) is 10.2. The third-order valence-electron chi connectivity index (χ3n) is 3.97. The van der Waals surface area contributed by atoms with Gasteiger partial charge in [0.05, 0.1) is 0 Å². The van der Waals surface area contributed by atoms with Crippen molar-refractivity contribution in [1.82, 2.24) is 10.2 Å². The fraction of sp³-hybridized carbons (Fsp3) is 0.625. The highest BCUT2D eigenvalue weighted by atomic mass is 35.5. The Morgan fingerprint density at radius 3 is 2.59 bits per heavy atom. The Morgan fingerprint density at radius 2 is 1.95 bits per heavy atom. The van der Waals surface area contributed by atoms with Crippen LogP contribution in [0.3, 0.4) is 0 Å². The maximum Gasteiger partial charge on any atom is 0.387 e. The molecule has 1 aliphatic rings. The van der Waals surface area contributed by atoms with Crippen molar-refractivity contribution in [2.45, 2.75) is 32.9 Å². The van der Waals surface area contributed by atoms with Gasteiger partial charge in [-0.3, -0.25) is 4.90 Å². The number of para-hydroxylation sites is 1. The molecule has 1 heterocycles. The zero-order valence-electron chi connectivity index (χ0n) is 12.9. The van der Waals surface area contributed by atoms with E-state index >= 15 is 0 Å². The van der Waals surface area contributed by atoms with Gasteiger partial charge in [0, 0.05) is 12.1 Å². The molecule has 1 aromatic rings. The lowest BCUT2D eigenvalue weighted by atomic mass is 9.96. The number of rotatable bonds is 7. The van der Waals surface area contributed by atoms with E-state index in [2.05, 4.69) is 21.9 Å². The second kappa shape index (κ2) is 9.98. The Bertz CT molecular complexity index is 426. The molecule has 1 saturated heterocycles. The first kappa shape index (κ1) is 19.1. The molecule has 0 spiro atoms. The van der Waals surface area contributed by atoms with Crippen molar-refractivity contribution in [3.63, 3.8) is 0 Å². The third kappa shape index (κ3) is 6.07. The molecule has 0 aliphatic carbocycles. The number of likely N-dealkylation sites (tertiary alicyclic amines) is 1. The van der Waals surface area contributed by atoms with E-state index in [-0.39, 0.29) is 12.4 Å². The molecule has 6 heteroatoms. The molecule has 1 aromatic carbocycles. The van der Waals surface area contributed by atoms with E-state index in [1.54, 1.807) is 12.1 Å². The monoisotopic (exact) mass is 334 g/mol. The SMILES string of the molecule is CCNCC1CCN(Cc2ccccc2OC(F)F)CC1.Cl. The minimum absolute atomic E-state index is 0. The largest absolute Gasteiger partial charge is 0.434 e. The van der Waals surface area contributed by atoms with Crippen LogP contribution in [0.25, 0.3) is 0 Å². The average Bonchev–Trinajstić information content (AvgIpc) is 2.48. The number of benzene rings is 1. The second-order valence-electron chi connectivity index (χ2n) is 5.51. The molecule has 0 saturated carbocycles. The highest BCUT2D eigenvalue weighted by Gasteiger charge is 2.20. The van der Waals surface area contributed by atoms with Crippen LogP contribution in [-0.2, 0) is 6.54 Å². The maximum atomic E-state index is 12.4. The summed E-state index contributed by atoms with van der Waals surface area (Å²) in [6, 6.07) is 7.07. The van der Waals surface area contributed by atoms with Crippen molar-refractivity contribution in [1.29, 1.82) is 0 Å². The predicted molar refractivity (Wildman–Crippen MR) is 86.9 cm³/mol. The zero-order chi connectivity index (χ0) is 15.1. The average molecular weight is 335 g/mol. The fourth-order valence-electron chi connectivity index (χ4n) is 2.78. The van der Waals surface area contributed by atoms with Crippen LogP contribution in [0.5, 0.6) is 5.75 Å². The number of halogens is 3. The molecule has 0 radical (unpaired) electrons. The molecule has 3 nitrogen and oxygen atoms in total. The van der Waals surface area contributed by atoms with E-state index in [0.717, 1.165) is 50.5 Å². The first-order valence-electron chi connectivity index (χ1n) is 7.64. The van der Waals surface area contributed by atoms with Crippen LogP contribution in [0, 0.1) is 5.92 Å². The van der Waals surface area contributed by atoms with E-state index in [0.29, 0.717) is 12.3 Å². The normalized spacial score (nSPS) is 16.5. The molecule has 0 bridgehead atoms. The third-order valence-corrected chi connectivity index (χ3v) is 3.97. The van der Waals surface area contributed by atoms with Crippen molar-refractivity contribution >= 4 is 12.4 Å². The standard InChI is InChI=1S/C16H24F2N2O.ClH/c1-2-19-11-13-7-9-20(10-8-13)12-14-5-3-4-6-15(14)21-16(17)18;/h3-6,13,16,19H,2,7-12H2,1H3;1H. The number of ether oxygens (including phenoxy) is 1. The lowest BCUT2D eigenvalue weighted by Crippen LogP contribution is -2.36. The van der Waals surface area contributed by atoms with Gasteiger partial charge in [0.2, 0.25) is 0 Å². The lowest BCUT2D eigenvalue weighted by Gasteiger charge is -2.32. The van der Waals surface area contributed by atoms with E-state index < -0.39 is 6.61 Å². The smallest absolute Gasteiger partial charge is 0.387 e. The summed E-state index contributed by atoms with van der Waals surface area (Å²) in [7, 11) is 0. The van der Waals surface area contributed by atoms with Crippen molar-refractivity contribution < 1.29 is 13.5 Å². The Kier molecular flexibility index (Phi) is 8.68. The van der Waals surface area contributed by atoms with Gasteiger partial charge < -0.3 is 10.1 Å². The molecule has 0 aromatic heterocycles. The van der Waals surface area contributed by atoms with Crippen LogP contribution in [0.1, 0.15) is 25.3 Å².